The SMILES string of the molecule is CCC(C)(OC)c1ccc(C(C)(C)OC(C)(C)C)cc1. The molecule has 2 heteroatoms. The Balaban J connectivity index is 3.02. The summed E-state index contributed by atoms with van der Waals surface area (Å²) in [5.41, 5.74) is 1.72. The van der Waals surface area contributed by atoms with Gasteiger partial charge in [0.1, 0.15) is 0 Å². The Morgan fingerprint density at radius 2 is 1.30 bits per heavy atom. The fraction of sp³-hybridized carbons (Fsp3) is 0.667. The Bertz CT molecular complexity index is 420. The van der Waals surface area contributed by atoms with E-state index in [4.69, 9.17) is 9.47 Å². The zero-order valence-electron chi connectivity index (χ0n) is 14.3. The van der Waals surface area contributed by atoms with Crippen molar-refractivity contribution >= 4 is 0 Å². The number of methoxy groups -OCH3 is 1. The lowest BCUT2D eigenvalue weighted by Gasteiger charge is -2.35. The van der Waals surface area contributed by atoms with E-state index in [1.54, 1.807) is 7.11 Å². The van der Waals surface area contributed by atoms with Crippen molar-refractivity contribution in [1.82, 2.24) is 0 Å². The number of ether oxygens (including phenoxy) is 2. The first kappa shape index (κ1) is 17.2. The Kier molecular flexibility index (Phi) is 5.04. The van der Waals surface area contributed by atoms with E-state index < -0.39 is 0 Å². The summed E-state index contributed by atoms with van der Waals surface area (Å²) in [7, 11) is 1.77. The monoisotopic (exact) mass is 278 g/mol. The molecule has 0 aliphatic carbocycles. The van der Waals surface area contributed by atoms with E-state index in [0.717, 1.165) is 6.42 Å². The summed E-state index contributed by atoms with van der Waals surface area (Å²) < 4.78 is 11.8. The van der Waals surface area contributed by atoms with Gasteiger partial charge >= 0.3 is 0 Å². The van der Waals surface area contributed by atoms with E-state index in [-0.39, 0.29) is 16.8 Å². The normalized spacial score (nSPS) is 16.0. The molecule has 114 valence electrons. The first-order valence-corrected chi connectivity index (χ1v) is 7.40. The van der Waals surface area contributed by atoms with Gasteiger partial charge in [-0.1, -0.05) is 31.2 Å². The van der Waals surface area contributed by atoms with Crippen molar-refractivity contribution < 1.29 is 9.47 Å². The summed E-state index contributed by atoms with van der Waals surface area (Å²) in [5.74, 6) is 0. The third kappa shape index (κ3) is 4.07. The largest absolute Gasteiger partial charge is 0.374 e. The molecule has 0 saturated carbocycles. The maximum atomic E-state index is 6.16. The maximum Gasteiger partial charge on any atom is 0.0896 e. The molecule has 0 aliphatic heterocycles. The van der Waals surface area contributed by atoms with Crippen LogP contribution in [0.3, 0.4) is 0 Å². The zero-order chi connectivity index (χ0) is 15.6. The topological polar surface area (TPSA) is 18.5 Å². The molecule has 0 spiro atoms. The fourth-order valence-electron chi connectivity index (χ4n) is 2.51. The molecule has 2 nitrogen and oxygen atoms in total. The first-order valence-electron chi connectivity index (χ1n) is 7.40. The first-order chi connectivity index (χ1) is 9.04. The summed E-state index contributed by atoms with van der Waals surface area (Å²) >= 11 is 0. The van der Waals surface area contributed by atoms with Crippen LogP contribution in [-0.2, 0) is 20.7 Å². The molecule has 0 aromatic heterocycles. The molecule has 0 bridgehead atoms. The number of rotatable bonds is 5. The smallest absolute Gasteiger partial charge is 0.0896 e. The van der Waals surface area contributed by atoms with Crippen molar-refractivity contribution in [2.24, 2.45) is 0 Å². The van der Waals surface area contributed by atoms with E-state index in [0.29, 0.717) is 0 Å². The van der Waals surface area contributed by atoms with Crippen LogP contribution in [0.25, 0.3) is 0 Å². The van der Waals surface area contributed by atoms with E-state index in [1.165, 1.54) is 11.1 Å². The predicted octanol–water partition coefficient (Wildman–Crippen LogP) is 5.01. The number of benzene rings is 1. The molecule has 0 fully saturated rings. The van der Waals surface area contributed by atoms with Gasteiger partial charge in [0.15, 0.2) is 0 Å². The van der Waals surface area contributed by atoms with Crippen LogP contribution in [0.1, 0.15) is 66.0 Å². The van der Waals surface area contributed by atoms with Crippen molar-refractivity contribution in [3.8, 4) is 0 Å². The van der Waals surface area contributed by atoms with Crippen molar-refractivity contribution in [1.29, 1.82) is 0 Å². The molecular weight excluding hydrogens is 248 g/mol. The van der Waals surface area contributed by atoms with Gasteiger partial charge in [0, 0.05) is 7.11 Å². The Morgan fingerprint density at radius 3 is 1.65 bits per heavy atom. The van der Waals surface area contributed by atoms with Gasteiger partial charge in [-0.25, -0.2) is 0 Å². The van der Waals surface area contributed by atoms with E-state index >= 15 is 0 Å². The van der Waals surface area contributed by atoms with Crippen molar-refractivity contribution in [2.75, 3.05) is 7.11 Å². The summed E-state index contributed by atoms with van der Waals surface area (Å²) in [6, 6.07) is 8.59. The molecule has 1 aromatic rings. The number of hydrogen-bond donors (Lipinski definition) is 0. The van der Waals surface area contributed by atoms with Gasteiger partial charge < -0.3 is 9.47 Å². The molecule has 0 saturated heterocycles. The molecule has 20 heavy (non-hydrogen) atoms. The highest BCUT2D eigenvalue weighted by atomic mass is 16.5. The van der Waals surface area contributed by atoms with Crippen LogP contribution in [0.15, 0.2) is 24.3 Å². The average Bonchev–Trinajstić information content (AvgIpc) is 2.35. The lowest BCUT2D eigenvalue weighted by atomic mass is 9.89. The summed E-state index contributed by atoms with van der Waals surface area (Å²) in [6.45, 7) is 14.8. The minimum atomic E-state index is -0.299. The van der Waals surface area contributed by atoms with Gasteiger partial charge in [-0.05, 0) is 59.1 Å². The van der Waals surface area contributed by atoms with Crippen LogP contribution < -0.4 is 0 Å². The second kappa shape index (κ2) is 5.87. The predicted molar refractivity (Wildman–Crippen MR) is 85.0 cm³/mol. The average molecular weight is 278 g/mol. The molecule has 0 radical (unpaired) electrons. The van der Waals surface area contributed by atoms with Gasteiger partial charge in [-0.3, -0.25) is 0 Å². The van der Waals surface area contributed by atoms with Crippen LogP contribution in [0.4, 0.5) is 0 Å². The van der Waals surface area contributed by atoms with Crippen LogP contribution in [0.2, 0.25) is 0 Å². The standard InChI is InChI=1S/C18H30O2/c1-9-18(7,19-8)15-12-10-14(11-13-15)17(5,6)20-16(2,3)4/h10-13H,9H2,1-8H3. The van der Waals surface area contributed by atoms with E-state index in [9.17, 15) is 0 Å². The molecule has 1 aromatic carbocycles. The van der Waals surface area contributed by atoms with Gasteiger partial charge in [-0.2, -0.15) is 0 Å². The molecule has 0 amide bonds. The van der Waals surface area contributed by atoms with E-state index in [2.05, 4.69) is 72.7 Å². The molecule has 1 unspecified atom stereocenters. The van der Waals surface area contributed by atoms with Gasteiger partial charge in [0.05, 0.1) is 16.8 Å². The van der Waals surface area contributed by atoms with Crippen molar-refractivity contribution in [3.05, 3.63) is 35.4 Å². The van der Waals surface area contributed by atoms with Crippen molar-refractivity contribution in [2.45, 2.75) is 71.7 Å². The highest BCUT2D eigenvalue weighted by molar-refractivity contribution is 5.30. The van der Waals surface area contributed by atoms with Gasteiger partial charge in [0.25, 0.3) is 0 Å². The Morgan fingerprint density at radius 1 is 0.850 bits per heavy atom. The second-order valence-corrected chi connectivity index (χ2v) is 7.09. The second-order valence-electron chi connectivity index (χ2n) is 7.09. The van der Waals surface area contributed by atoms with Gasteiger partial charge in [-0.15, -0.1) is 0 Å². The third-order valence-corrected chi connectivity index (χ3v) is 3.88. The van der Waals surface area contributed by atoms with Gasteiger partial charge in [0.2, 0.25) is 0 Å². The lowest BCUT2D eigenvalue weighted by molar-refractivity contribution is -0.117. The molecule has 0 N–H and O–H groups in total. The minimum Gasteiger partial charge on any atom is -0.374 e. The fourth-order valence-corrected chi connectivity index (χ4v) is 2.51. The molecular formula is C18H30O2. The Hall–Kier alpha value is -0.860. The van der Waals surface area contributed by atoms with E-state index in [1.807, 2.05) is 0 Å². The lowest BCUT2D eigenvalue weighted by Crippen LogP contribution is -2.33. The van der Waals surface area contributed by atoms with Crippen LogP contribution in [-0.4, -0.2) is 12.7 Å². The number of hydrogen-bond acceptors (Lipinski definition) is 2. The minimum absolute atomic E-state index is 0.160. The summed E-state index contributed by atoms with van der Waals surface area (Å²) in [5, 5.41) is 0. The molecule has 1 rings (SSSR count). The highest BCUT2D eigenvalue weighted by Crippen LogP contribution is 2.33. The van der Waals surface area contributed by atoms with Crippen LogP contribution in [0.5, 0.6) is 0 Å². The maximum absolute atomic E-state index is 6.16. The molecule has 0 aliphatic rings. The van der Waals surface area contributed by atoms with Crippen molar-refractivity contribution in [3.63, 3.8) is 0 Å². The van der Waals surface area contributed by atoms with Crippen LogP contribution in [0, 0.1) is 0 Å². The summed E-state index contributed by atoms with van der Waals surface area (Å²) in [4.78, 5) is 0. The summed E-state index contributed by atoms with van der Waals surface area (Å²) in [6.07, 6.45) is 0.949. The quantitative estimate of drug-likeness (QED) is 0.754. The molecule has 1 atom stereocenters. The zero-order valence-corrected chi connectivity index (χ0v) is 14.3. The Labute approximate surface area is 124 Å². The molecule has 0 heterocycles. The highest BCUT2D eigenvalue weighted by Gasteiger charge is 2.29. The third-order valence-electron chi connectivity index (χ3n) is 3.88. The van der Waals surface area contributed by atoms with Crippen LogP contribution >= 0.6 is 0 Å².